The predicted molar refractivity (Wildman–Crippen MR) is 83.4 cm³/mol. The van der Waals surface area contributed by atoms with E-state index in [0.29, 0.717) is 6.42 Å². The largest absolute Gasteiger partial charge is 0.356 e. The molecule has 0 aliphatic rings. The third kappa shape index (κ3) is 13.7. The second-order valence-corrected chi connectivity index (χ2v) is 5.47. The molecular weight excluding hydrogens is 236 g/mol. The van der Waals surface area contributed by atoms with E-state index in [1.807, 2.05) is 0 Å². The molecule has 0 bridgehead atoms. The number of unbranched alkanes of at least 4 members (excludes halogenated alkanes) is 6. The van der Waals surface area contributed by atoms with Crippen molar-refractivity contribution in [1.82, 2.24) is 10.2 Å². The summed E-state index contributed by atoms with van der Waals surface area (Å²) in [6.07, 6.45) is 10.6. The highest BCUT2D eigenvalue weighted by Gasteiger charge is 2.01. The first-order valence-corrected chi connectivity index (χ1v) is 8.16. The molecule has 0 aliphatic heterocycles. The predicted octanol–water partition coefficient (Wildman–Crippen LogP) is 3.59. The van der Waals surface area contributed by atoms with Crippen molar-refractivity contribution in [1.29, 1.82) is 0 Å². The Morgan fingerprint density at radius 2 is 1.58 bits per heavy atom. The normalized spacial score (nSPS) is 10.9. The van der Waals surface area contributed by atoms with E-state index in [2.05, 4.69) is 31.1 Å². The van der Waals surface area contributed by atoms with Gasteiger partial charge in [-0.25, -0.2) is 0 Å². The zero-order valence-electron chi connectivity index (χ0n) is 13.3. The lowest BCUT2D eigenvalue weighted by Gasteiger charge is -2.13. The van der Waals surface area contributed by atoms with Gasteiger partial charge in [0.15, 0.2) is 0 Å². The molecule has 1 N–H and O–H groups in total. The van der Waals surface area contributed by atoms with Gasteiger partial charge in [0.2, 0.25) is 5.91 Å². The molecule has 0 heterocycles. The Labute approximate surface area is 120 Å². The lowest BCUT2D eigenvalue weighted by molar-refractivity contribution is -0.121. The number of rotatable bonds is 13. The van der Waals surface area contributed by atoms with Crippen molar-refractivity contribution in [3.05, 3.63) is 0 Å². The van der Waals surface area contributed by atoms with Crippen LogP contribution >= 0.6 is 0 Å². The van der Waals surface area contributed by atoms with Gasteiger partial charge in [0, 0.05) is 13.0 Å². The first-order chi connectivity index (χ1) is 9.20. The molecule has 3 nitrogen and oxygen atoms in total. The molecule has 0 saturated carbocycles. The molecule has 0 atom stereocenters. The minimum absolute atomic E-state index is 0.229. The van der Waals surface area contributed by atoms with Crippen LogP contribution in [0.15, 0.2) is 0 Å². The van der Waals surface area contributed by atoms with Gasteiger partial charge >= 0.3 is 0 Å². The minimum Gasteiger partial charge on any atom is -0.356 e. The average molecular weight is 270 g/mol. The summed E-state index contributed by atoms with van der Waals surface area (Å²) in [7, 11) is 2.11. The van der Waals surface area contributed by atoms with E-state index < -0.39 is 0 Å². The van der Waals surface area contributed by atoms with Crippen LogP contribution < -0.4 is 5.32 Å². The molecule has 0 aromatic rings. The summed E-state index contributed by atoms with van der Waals surface area (Å²) in [6, 6.07) is 0. The molecule has 19 heavy (non-hydrogen) atoms. The first-order valence-electron chi connectivity index (χ1n) is 8.16. The second kappa shape index (κ2) is 13.9. The fourth-order valence-electron chi connectivity index (χ4n) is 2.07. The van der Waals surface area contributed by atoms with Crippen molar-refractivity contribution < 1.29 is 4.79 Å². The maximum absolute atomic E-state index is 11.6. The van der Waals surface area contributed by atoms with Gasteiger partial charge in [0.05, 0.1) is 0 Å². The summed E-state index contributed by atoms with van der Waals surface area (Å²) in [5, 5.41) is 3.01. The maximum Gasteiger partial charge on any atom is 0.219 e. The van der Waals surface area contributed by atoms with Crippen LogP contribution in [0.2, 0.25) is 0 Å². The molecule has 0 spiro atoms. The monoisotopic (exact) mass is 270 g/mol. The topological polar surface area (TPSA) is 32.3 Å². The van der Waals surface area contributed by atoms with E-state index >= 15 is 0 Å². The zero-order chi connectivity index (χ0) is 14.3. The maximum atomic E-state index is 11.6. The van der Waals surface area contributed by atoms with Crippen molar-refractivity contribution in [2.75, 3.05) is 26.7 Å². The highest BCUT2D eigenvalue weighted by Crippen LogP contribution is 2.08. The van der Waals surface area contributed by atoms with E-state index in [4.69, 9.17) is 0 Å². The molecule has 0 aromatic carbocycles. The van der Waals surface area contributed by atoms with E-state index in [-0.39, 0.29) is 5.91 Å². The molecule has 0 aromatic heterocycles. The van der Waals surface area contributed by atoms with Crippen LogP contribution in [0.25, 0.3) is 0 Å². The van der Waals surface area contributed by atoms with E-state index in [0.717, 1.165) is 32.5 Å². The van der Waals surface area contributed by atoms with Crippen LogP contribution in [-0.4, -0.2) is 37.5 Å². The van der Waals surface area contributed by atoms with Crippen molar-refractivity contribution in [2.24, 2.45) is 0 Å². The molecule has 0 saturated heterocycles. The Morgan fingerprint density at radius 3 is 2.21 bits per heavy atom. The first kappa shape index (κ1) is 18.4. The van der Waals surface area contributed by atoms with Gasteiger partial charge in [-0.05, 0) is 33.0 Å². The fraction of sp³-hybridized carbons (Fsp3) is 0.938. The number of carbonyl (C=O) groups excluding carboxylic acids is 1. The lowest BCUT2D eigenvalue weighted by Crippen LogP contribution is -2.27. The number of hydrogen-bond donors (Lipinski definition) is 1. The summed E-state index contributed by atoms with van der Waals surface area (Å²) in [4.78, 5) is 13.8. The molecule has 0 radical (unpaired) electrons. The van der Waals surface area contributed by atoms with Crippen LogP contribution in [0.1, 0.15) is 71.6 Å². The summed E-state index contributed by atoms with van der Waals surface area (Å²) >= 11 is 0. The van der Waals surface area contributed by atoms with Crippen molar-refractivity contribution in [2.45, 2.75) is 71.6 Å². The van der Waals surface area contributed by atoms with Crippen LogP contribution in [0.5, 0.6) is 0 Å². The number of amides is 1. The Balaban J connectivity index is 3.21. The van der Waals surface area contributed by atoms with E-state index in [1.54, 1.807) is 0 Å². The molecule has 0 rings (SSSR count). The zero-order valence-corrected chi connectivity index (χ0v) is 13.3. The number of hydrogen-bond acceptors (Lipinski definition) is 2. The van der Waals surface area contributed by atoms with Crippen LogP contribution in [0.4, 0.5) is 0 Å². The van der Waals surface area contributed by atoms with Crippen LogP contribution in [-0.2, 0) is 4.79 Å². The molecule has 114 valence electrons. The van der Waals surface area contributed by atoms with Gasteiger partial charge in [-0.1, -0.05) is 52.4 Å². The number of nitrogens with one attached hydrogen (secondary N) is 1. The van der Waals surface area contributed by atoms with Gasteiger partial charge < -0.3 is 10.2 Å². The molecule has 0 fully saturated rings. The van der Waals surface area contributed by atoms with Gasteiger partial charge in [-0.15, -0.1) is 0 Å². The lowest BCUT2D eigenvalue weighted by atomic mass is 10.1. The molecule has 1 amide bonds. The molecule has 0 aliphatic carbocycles. The Kier molecular flexibility index (Phi) is 13.4. The summed E-state index contributed by atoms with van der Waals surface area (Å²) in [5.74, 6) is 0.229. The standard InChI is InChI=1S/C16H34N2O/c1-4-6-7-8-9-10-11-13-16(19)17-14-12-15-18(3)5-2/h4-15H2,1-3H3,(H,17,19). The average Bonchev–Trinajstić information content (AvgIpc) is 2.42. The summed E-state index contributed by atoms with van der Waals surface area (Å²) < 4.78 is 0. The van der Waals surface area contributed by atoms with Gasteiger partial charge in [0.1, 0.15) is 0 Å². The summed E-state index contributed by atoms with van der Waals surface area (Å²) in [5.41, 5.74) is 0. The van der Waals surface area contributed by atoms with Gasteiger partial charge in [0.25, 0.3) is 0 Å². The van der Waals surface area contributed by atoms with Crippen molar-refractivity contribution >= 4 is 5.91 Å². The fourth-order valence-corrected chi connectivity index (χ4v) is 2.07. The van der Waals surface area contributed by atoms with Gasteiger partial charge in [-0.2, -0.15) is 0 Å². The smallest absolute Gasteiger partial charge is 0.219 e. The van der Waals surface area contributed by atoms with Crippen LogP contribution in [0.3, 0.4) is 0 Å². The van der Waals surface area contributed by atoms with E-state index in [9.17, 15) is 4.79 Å². The quantitative estimate of drug-likeness (QED) is 0.519. The second-order valence-electron chi connectivity index (χ2n) is 5.47. The minimum atomic E-state index is 0.229. The highest BCUT2D eigenvalue weighted by molar-refractivity contribution is 5.75. The van der Waals surface area contributed by atoms with Gasteiger partial charge in [-0.3, -0.25) is 4.79 Å². The third-order valence-electron chi connectivity index (χ3n) is 3.59. The van der Waals surface area contributed by atoms with Crippen molar-refractivity contribution in [3.8, 4) is 0 Å². The molecule has 0 unspecified atom stereocenters. The number of carbonyl (C=O) groups is 1. The molecule has 3 heteroatoms. The van der Waals surface area contributed by atoms with E-state index in [1.165, 1.54) is 38.5 Å². The van der Waals surface area contributed by atoms with Crippen LogP contribution in [0, 0.1) is 0 Å². The Bertz CT molecular complexity index is 207. The Hall–Kier alpha value is -0.570. The number of nitrogens with zero attached hydrogens (tertiary/aromatic N) is 1. The molecular formula is C16H34N2O. The SMILES string of the molecule is CCCCCCCCCC(=O)NCCCN(C)CC. The third-order valence-corrected chi connectivity index (χ3v) is 3.59. The highest BCUT2D eigenvalue weighted by atomic mass is 16.1. The Morgan fingerprint density at radius 1 is 0.947 bits per heavy atom. The van der Waals surface area contributed by atoms with Crippen molar-refractivity contribution in [3.63, 3.8) is 0 Å². The summed E-state index contributed by atoms with van der Waals surface area (Å²) in [6.45, 7) is 7.35.